The van der Waals surface area contributed by atoms with Crippen LogP contribution in [0.1, 0.15) is 30.4 Å². The highest BCUT2D eigenvalue weighted by molar-refractivity contribution is 5.58. The second-order valence-corrected chi connectivity index (χ2v) is 4.62. The fourth-order valence-electron chi connectivity index (χ4n) is 1.73. The average Bonchev–Trinajstić information content (AvgIpc) is 2.82. The van der Waals surface area contributed by atoms with Gasteiger partial charge in [-0.3, -0.25) is 0 Å². The van der Waals surface area contributed by atoms with Gasteiger partial charge in [0.25, 0.3) is 0 Å². The van der Waals surface area contributed by atoms with Crippen molar-refractivity contribution in [3.05, 3.63) is 35.2 Å². The summed E-state index contributed by atoms with van der Waals surface area (Å²) in [7, 11) is 0. The lowest BCUT2D eigenvalue weighted by molar-refractivity contribution is 0.479. The number of nitrogens with one attached hydrogen (secondary N) is 2. The number of benzene rings is 1. The number of rotatable bonds is 6. The van der Waals surface area contributed by atoms with Crippen LogP contribution < -0.4 is 10.6 Å². The van der Waals surface area contributed by atoms with E-state index in [1.165, 1.54) is 5.56 Å². The van der Waals surface area contributed by atoms with E-state index in [0.717, 1.165) is 24.2 Å². The van der Waals surface area contributed by atoms with E-state index in [1.807, 2.05) is 6.92 Å². The van der Waals surface area contributed by atoms with Gasteiger partial charge in [0.2, 0.25) is 5.89 Å². The minimum absolute atomic E-state index is 0.432. The quantitative estimate of drug-likeness (QED) is 0.782. The molecule has 0 unspecified atom stereocenters. The van der Waals surface area contributed by atoms with E-state index < -0.39 is 0 Å². The summed E-state index contributed by atoms with van der Waals surface area (Å²) in [5.41, 5.74) is 3.34. The normalized spacial score (nSPS) is 10.7. The molecule has 0 saturated carbocycles. The zero-order chi connectivity index (χ0) is 13.7. The van der Waals surface area contributed by atoms with Crippen LogP contribution in [0.15, 0.2) is 22.6 Å². The van der Waals surface area contributed by atoms with Gasteiger partial charge in [-0.05, 0) is 44.0 Å². The Hall–Kier alpha value is -1.88. The van der Waals surface area contributed by atoms with E-state index in [0.29, 0.717) is 18.5 Å². The van der Waals surface area contributed by atoms with Crippen LogP contribution >= 0.6 is 0 Å². The zero-order valence-corrected chi connectivity index (χ0v) is 11.7. The molecule has 0 bridgehead atoms. The van der Waals surface area contributed by atoms with Crippen LogP contribution in [-0.2, 0) is 6.54 Å². The summed E-state index contributed by atoms with van der Waals surface area (Å²) in [5, 5.41) is 14.4. The molecule has 1 aromatic carbocycles. The summed E-state index contributed by atoms with van der Waals surface area (Å²) in [6.07, 6.45) is 1.09. The van der Waals surface area contributed by atoms with Crippen LogP contribution in [0.2, 0.25) is 0 Å². The summed E-state index contributed by atoms with van der Waals surface area (Å²) in [6, 6.07) is 6.64. The first-order valence-corrected chi connectivity index (χ1v) is 6.56. The van der Waals surface area contributed by atoms with E-state index in [1.54, 1.807) is 0 Å². The van der Waals surface area contributed by atoms with Crippen molar-refractivity contribution >= 4 is 11.7 Å². The molecule has 102 valence electrons. The predicted octanol–water partition coefficient (Wildman–Crippen LogP) is 2.93. The molecule has 0 atom stereocenters. The van der Waals surface area contributed by atoms with Gasteiger partial charge >= 0.3 is 6.01 Å². The molecule has 2 aromatic rings. The Balaban J connectivity index is 2.01. The van der Waals surface area contributed by atoms with E-state index >= 15 is 0 Å². The Morgan fingerprint density at radius 1 is 1.21 bits per heavy atom. The molecule has 0 saturated heterocycles. The van der Waals surface area contributed by atoms with Crippen LogP contribution in [0.3, 0.4) is 0 Å². The molecular formula is C14H20N4O. The SMILES string of the molecule is CCCNCc1nnc(Nc2cc(C)ccc2C)o1. The molecule has 5 heteroatoms. The number of hydrogen-bond donors (Lipinski definition) is 2. The fourth-order valence-corrected chi connectivity index (χ4v) is 1.73. The third-order valence-corrected chi connectivity index (χ3v) is 2.80. The molecule has 0 fully saturated rings. The second kappa shape index (κ2) is 6.33. The molecule has 0 amide bonds. The molecule has 0 radical (unpaired) electrons. The Bertz CT molecular complexity index is 536. The second-order valence-electron chi connectivity index (χ2n) is 4.62. The van der Waals surface area contributed by atoms with Gasteiger partial charge in [-0.1, -0.05) is 24.2 Å². The summed E-state index contributed by atoms with van der Waals surface area (Å²) in [6.45, 7) is 7.77. The molecular weight excluding hydrogens is 240 g/mol. The molecule has 0 aliphatic carbocycles. The molecule has 2 rings (SSSR count). The minimum Gasteiger partial charge on any atom is -0.406 e. The largest absolute Gasteiger partial charge is 0.406 e. The molecule has 0 aliphatic heterocycles. The number of aryl methyl sites for hydroxylation is 2. The Labute approximate surface area is 113 Å². The van der Waals surface area contributed by atoms with Crippen LogP contribution in [0.25, 0.3) is 0 Å². The summed E-state index contributed by atoms with van der Waals surface area (Å²) in [4.78, 5) is 0. The topological polar surface area (TPSA) is 63.0 Å². The van der Waals surface area contributed by atoms with Gasteiger partial charge in [0.15, 0.2) is 0 Å². The van der Waals surface area contributed by atoms with Crippen molar-refractivity contribution in [2.24, 2.45) is 0 Å². The van der Waals surface area contributed by atoms with Gasteiger partial charge in [-0.2, -0.15) is 0 Å². The average molecular weight is 260 g/mol. The molecule has 2 N–H and O–H groups in total. The van der Waals surface area contributed by atoms with Gasteiger partial charge in [-0.15, -0.1) is 5.10 Å². The van der Waals surface area contributed by atoms with Gasteiger partial charge in [0, 0.05) is 5.69 Å². The third-order valence-electron chi connectivity index (χ3n) is 2.80. The van der Waals surface area contributed by atoms with Gasteiger partial charge in [0.05, 0.1) is 6.54 Å². The maximum Gasteiger partial charge on any atom is 0.320 e. The molecule has 5 nitrogen and oxygen atoms in total. The van der Waals surface area contributed by atoms with Crippen molar-refractivity contribution in [2.45, 2.75) is 33.7 Å². The number of hydrogen-bond acceptors (Lipinski definition) is 5. The third kappa shape index (κ3) is 3.79. The molecule has 1 heterocycles. The van der Waals surface area contributed by atoms with Crippen molar-refractivity contribution in [2.75, 3.05) is 11.9 Å². The summed E-state index contributed by atoms with van der Waals surface area (Å²) >= 11 is 0. The summed E-state index contributed by atoms with van der Waals surface area (Å²) in [5.74, 6) is 0.598. The number of anilines is 2. The maximum atomic E-state index is 5.53. The highest BCUT2D eigenvalue weighted by atomic mass is 16.4. The van der Waals surface area contributed by atoms with Crippen molar-refractivity contribution < 1.29 is 4.42 Å². The van der Waals surface area contributed by atoms with Gasteiger partial charge < -0.3 is 15.1 Å². The van der Waals surface area contributed by atoms with E-state index in [9.17, 15) is 0 Å². The number of aromatic nitrogens is 2. The maximum absolute atomic E-state index is 5.53. The molecule has 0 aliphatic rings. The zero-order valence-electron chi connectivity index (χ0n) is 11.7. The fraction of sp³-hybridized carbons (Fsp3) is 0.429. The first-order valence-electron chi connectivity index (χ1n) is 6.56. The first-order chi connectivity index (χ1) is 9.19. The number of nitrogens with zero attached hydrogens (tertiary/aromatic N) is 2. The van der Waals surface area contributed by atoms with E-state index in [2.05, 4.69) is 52.9 Å². The minimum atomic E-state index is 0.432. The Morgan fingerprint density at radius 3 is 2.84 bits per heavy atom. The highest BCUT2D eigenvalue weighted by Crippen LogP contribution is 2.20. The van der Waals surface area contributed by atoms with Crippen LogP contribution in [0, 0.1) is 13.8 Å². The van der Waals surface area contributed by atoms with E-state index in [-0.39, 0.29) is 0 Å². The van der Waals surface area contributed by atoms with Crippen molar-refractivity contribution in [1.29, 1.82) is 0 Å². The van der Waals surface area contributed by atoms with Crippen molar-refractivity contribution in [3.63, 3.8) is 0 Å². The predicted molar refractivity (Wildman–Crippen MR) is 75.5 cm³/mol. The monoisotopic (exact) mass is 260 g/mol. The van der Waals surface area contributed by atoms with E-state index in [4.69, 9.17) is 4.42 Å². The lowest BCUT2D eigenvalue weighted by Gasteiger charge is -2.06. The standard InChI is InChI=1S/C14H20N4O/c1-4-7-15-9-13-17-18-14(19-13)16-12-8-10(2)5-6-11(12)3/h5-6,8,15H,4,7,9H2,1-3H3,(H,16,18). The highest BCUT2D eigenvalue weighted by Gasteiger charge is 2.07. The lowest BCUT2D eigenvalue weighted by atomic mass is 10.1. The molecule has 0 spiro atoms. The van der Waals surface area contributed by atoms with Crippen molar-refractivity contribution in [3.8, 4) is 0 Å². The smallest absolute Gasteiger partial charge is 0.320 e. The van der Waals surface area contributed by atoms with Gasteiger partial charge in [0.1, 0.15) is 0 Å². The van der Waals surface area contributed by atoms with Gasteiger partial charge in [-0.25, -0.2) is 0 Å². The first kappa shape index (κ1) is 13.5. The van der Waals surface area contributed by atoms with Crippen LogP contribution in [-0.4, -0.2) is 16.7 Å². The lowest BCUT2D eigenvalue weighted by Crippen LogP contribution is -2.13. The Kier molecular flexibility index (Phi) is 4.52. The summed E-state index contributed by atoms with van der Waals surface area (Å²) < 4.78 is 5.53. The van der Waals surface area contributed by atoms with Crippen LogP contribution in [0.4, 0.5) is 11.7 Å². The molecule has 1 aromatic heterocycles. The van der Waals surface area contributed by atoms with Crippen molar-refractivity contribution in [1.82, 2.24) is 15.5 Å². The van der Waals surface area contributed by atoms with Crippen LogP contribution in [0.5, 0.6) is 0 Å². The Morgan fingerprint density at radius 2 is 2.05 bits per heavy atom. The molecule has 19 heavy (non-hydrogen) atoms.